The number of benzene rings is 1. The van der Waals surface area contributed by atoms with Gasteiger partial charge in [0.25, 0.3) is 5.91 Å². The number of nitrogens with zero attached hydrogens (tertiary/aromatic N) is 3. The highest BCUT2D eigenvalue weighted by atomic mass is 16.2. The van der Waals surface area contributed by atoms with E-state index in [-0.39, 0.29) is 5.91 Å². The maximum Gasteiger partial charge on any atom is 0.272 e. The molecule has 122 valence electrons. The Morgan fingerprint density at radius 1 is 1.09 bits per heavy atom. The molecule has 0 bridgehead atoms. The lowest BCUT2D eigenvalue weighted by Crippen LogP contribution is -2.33. The molecule has 1 aromatic heterocycles. The molecule has 2 rings (SSSR count). The van der Waals surface area contributed by atoms with Crippen LogP contribution < -0.4 is 5.32 Å². The summed E-state index contributed by atoms with van der Waals surface area (Å²) < 4.78 is 0. The Morgan fingerprint density at radius 3 is 2.35 bits per heavy atom. The lowest BCUT2D eigenvalue weighted by molar-refractivity contribution is 0.0749. The molecular formula is C18H24N4O. The van der Waals surface area contributed by atoms with Crippen molar-refractivity contribution in [3.05, 3.63) is 47.8 Å². The average Bonchev–Trinajstić information content (AvgIpc) is 2.54. The second-order valence-corrected chi connectivity index (χ2v) is 5.50. The number of nitrogens with one attached hydrogen (secondary N) is 1. The van der Waals surface area contributed by atoms with Crippen LogP contribution >= 0.6 is 0 Å². The second-order valence-electron chi connectivity index (χ2n) is 5.50. The highest BCUT2D eigenvalue weighted by Gasteiger charge is 2.17. The Balaban J connectivity index is 2.23. The standard InChI is InChI=1S/C18H24N4O/c1-4-11-22(12-5-2)17(23)16-13-14(3)19-18(21-16)20-15-9-7-6-8-10-15/h6-10,13H,4-5,11-12H2,1-3H3,(H,19,20,21). The van der Waals surface area contributed by atoms with Crippen molar-refractivity contribution in [1.29, 1.82) is 0 Å². The van der Waals surface area contributed by atoms with Gasteiger partial charge in [-0.3, -0.25) is 4.79 Å². The van der Waals surface area contributed by atoms with Crippen LogP contribution in [0.15, 0.2) is 36.4 Å². The number of para-hydroxylation sites is 1. The van der Waals surface area contributed by atoms with E-state index in [4.69, 9.17) is 0 Å². The first-order valence-corrected chi connectivity index (χ1v) is 8.11. The number of hydrogen-bond donors (Lipinski definition) is 1. The van der Waals surface area contributed by atoms with Gasteiger partial charge < -0.3 is 10.2 Å². The lowest BCUT2D eigenvalue weighted by atomic mass is 10.2. The molecule has 0 aliphatic carbocycles. The molecular weight excluding hydrogens is 288 g/mol. The second kappa shape index (κ2) is 8.27. The van der Waals surface area contributed by atoms with Crippen molar-refractivity contribution in [2.45, 2.75) is 33.6 Å². The van der Waals surface area contributed by atoms with E-state index in [0.717, 1.165) is 37.3 Å². The lowest BCUT2D eigenvalue weighted by Gasteiger charge is -2.21. The normalized spacial score (nSPS) is 10.4. The summed E-state index contributed by atoms with van der Waals surface area (Å²) in [6.07, 6.45) is 1.87. The fourth-order valence-electron chi connectivity index (χ4n) is 2.40. The van der Waals surface area contributed by atoms with Crippen LogP contribution in [0, 0.1) is 6.92 Å². The Hall–Kier alpha value is -2.43. The summed E-state index contributed by atoms with van der Waals surface area (Å²) in [4.78, 5) is 23.3. The molecule has 0 radical (unpaired) electrons. The van der Waals surface area contributed by atoms with E-state index in [1.165, 1.54) is 0 Å². The van der Waals surface area contributed by atoms with Crippen molar-refractivity contribution in [3.8, 4) is 0 Å². The molecule has 5 heteroatoms. The third-order valence-electron chi connectivity index (χ3n) is 3.38. The molecule has 0 fully saturated rings. The fraction of sp³-hybridized carbons (Fsp3) is 0.389. The van der Waals surface area contributed by atoms with Crippen LogP contribution in [0.3, 0.4) is 0 Å². The first-order chi connectivity index (χ1) is 11.1. The van der Waals surface area contributed by atoms with Gasteiger partial charge in [-0.15, -0.1) is 0 Å². The van der Waals surface area contributed by atoms with E-state index < -0.39 is 0 Å². The van der Waals surface area contributed by atoms with E-state index >= 15 is 0 Å². The SMILES string of the molecule is CCCN(CCC)C(=O)c1cc(C)nc(Nc2ccccc2)n1. The largest absolute Gasteiger partial charge is 0.337 e. The number of carbonyl (C=O) groups is 1. The Bertz CT molecular complexity index is 637. The summed E-state index contributed by atoms with van der Waals surface area (Å²) in [7, 11) is 0. The van der Waals surface area contributed by atoms with Crippen molar-refractivity contribution in [2.24, 2.45) is 0 Å². The van der Waals surface area contributed by atoms with Crippen molar-refractivity contribution < 1.29 is 4.79 Å². The summed E-state index contributed by atoms with van der Waals surface area (Å²) >= 11 is 0. The summed E-state index contributed by atoms with van der Waals surface area (Å²) in [6.45, 7) is 7.51. The van der Waals surface area contributed by atoms with E-state index in [1.54, 1.807) is 6.07 Å². The average molecular weight is 312 g/mol. The Morgan fingerprint density at radius 2 is 1.74 bits per heavy atom. The predicted octanol–water partition coefficient (Wildman–Crippen LogP) is 3.79. The number of amides is 1. The van der Waals surface area contributed by atoms with Gasteiger partial charge in [0.15, 0.2) is 0 Å². The van der Waals surface area contributed by atoms with Crippen molar-refractivity contribution in [3.63, 3.8) is 0 Å². The van der Waals surface area contributed by atoms with Gasteiger partial charge in [-0.2, -0.15) is 0 Å². The molecule has 23 heavy (non-hydrogen) atoms. The topological polar surface area (TPSA) is 58.1 Å². The summed E-state index contributed by atoms with van der Waals surface area (Å²) in [5, 5.41) is 3.15. The number of rotatable bonds is 7. The highest BCUT2D eigenvalue weighted by Crippen LogP contribution is 2.14. The van der Waals surface area contributed by atoms with Crippen LogP contribution in [0.5, 0.6) is 0 Å². The van der Waals surface area contributed by atoms with Gasteiger partial charge in [-0.05, 0) is 38.0 Å². The molecule has 0 spiro atoms. The molecule has 1 aromatic carbocycles. The molecule has 1 heterocycles. The number of anilines is 2. The van der Waals surface area contributed by atoms with Gasteiger partial charge in [0.05, 0.1) is 0 Å². The van der Waals surface area contributed by atoms with Crippen LogP contribution in [0.1, 0.15) is 42.9 Å². The monoisotopic (exact) mass is 312 g/mol. The van der Waals surface area contributed by atoms with Crippen molar-refractivity contribution in [2.75, 3.05) is 18.4 Å². The maximum atomic E-state index is 12.7. The molecule has 1 N–H and O–H groups in total. The first kappa shape index (κ1) is 16.9. The number of aromatic nitrogens is 2. The minimum atomic E-state index is -0.0321. The Kier molecular flexibility index (Phi) is 6.09. The number of carbonyl (C=O) groups excluding carboxylic acids is 1. The maximum absolute atomic E-state index is 12.7. The van der Waals surface area contributed by atoms with E-state index in [1.807, 2.05) is 42.2 Å². The minimum Gasteiger partial charge on any atom is -0.337 e. The minimum absolute atomic E-state index is 0.0321. The van der Waals surface area contributed by atoms with E-state index in [9.17, 15) is 4.79 Å². The van der Waals surface area contributed by atoms with Crippen molar-refractivity contribution in [1.82, 2.24) is 14.9 Å². The molecule has 1 amide bonds. The zero-order chi connectivity index (χ0) is 16.7. The van der Waals surface area contributed by atoms with Gasteiger partial charge >= 0.3 is 0 Å². The van der Waals surface area contributed by atoms with E-state index in [0.29, 0.717) is 11.6 Å². The van der Waals surface area contributed by atoms with Crippen molar-refractivity contribution >= 4 is 17.5 Å². The van der Waals surface area contributed by atoms with Gasteiger partial charge in [0, 0.05) is 24.5 Å². The van der Waals surface area contributed by atoms with Gasteiger partial charge in [0.1, 0.15) is 5.69 Å². The van der Waals surface area contributed by atoms with Crippen LogP contribution in [-0.2, 0) is 0 Å². The summed E-state index contributed by atoms with van der Waals surface area (Å²) in [5.74, 6) is 0.419. The molecule has 0 saturated carbocycles. The summed E-state index contributed by atoms with van der Waals surface area (Å²) in [5.41, 5.74) is 2.11. The zero-order valence-electron chi connectivity index (χ0n) is 14.0. The van der Waals surface area contributed by atoms with E-state index in [2.05, 4.69) is 29.1 Å². The number of hydrogen-bond acceptors (Lipinski definition) is 4. The number of aryl methyl sites for hydroxylation is 1. The fourth-order valence-corrected chi connectivity index (χ4v) is 2.40. The smallest absolute Gasteiger partial charge is 0.272 e. The molecule has 0 aliphatic heterocycles. The van der Waals surface area contributed by atoms with Gasteiger partial charge in [0.2, 0.25) is 5.95 Å². The third-order valence-corrected chi connectivity index (χ3v) is 3.38. The molecule has 2 aromatic rings. The molecule has 0 saturated heterocycles. The van der Waals surface area contributed by atoms with Crippen LogP contribution in [-0.4, -0.2) is 33.9 Å². The van der Waals surface area contributed by atoms with Crippen LogP contribution in [0.2, 0.25) is 0 Å². The quantitative estimate of drug-likeness (QED) is 0.845. The third kappa shape index (κ3) is 4.77. The molecule has 0 unspecified atom stereocenters. The zero-order valence-corrected chi connectivity index (χ0v) is 14.0. The van der Waals surface area contributed by atoms with Crippen LogP contribution in [0.4, 0.5) is 11.6 Å². The first-order valence-electron chi connectivity index (χ1n) is 8.11. The summed E-state index contributed by atoms with van der Waals surface area (Å²) in [6, 6.07) is 11.5. The van der Waals surface area contributed by atoms with Gasteiger partial charge in [-0.1, -0.05) is 32.0 Å². The highest BCUT2D eigenvalue weighted by molar-refractivity contribution is 5.92. The molecule has 0 aliphatic rings. The van der Waals surface area contributed by atoms with Crippen LogP contribution in [0.25, 0.3) is 0 Å². The van der Waals surface area contributed by atoms with Gasteiger partial charge in [-0.25, -0.2) is 9.97 Å². The Labute approximate surface area is 137 Å². The molecule has 0 atom stereocenters. The molecule has 5 nitrogen and oxygen atoms in total. The predicted molar refractivity (Wildman–Crippen MR) is 93.0 cm³/mol.